The Balaban J connectivity index is 1.47. The van der Waals surface area contributed by atoms with E-state index in [0.717, 1.165) is 24.0 Å². The molecule has 2 aliphatic rings. The second kappa shape index (κ2) is 8.13. The molecule has 2 aromatic rings. The molecule has 0 saturated carbocycles. The number of carbonyl (C=O) groups excluding carboxylic acids is 1. The van der Waals surface area contributed by atoms with Crippen molar-refractivity contribution in [1.29, 1.82) is 0 Å². The zero-order chi connectivity index (χ0) is 20.4. The Morgan fingerprint density at radius 1 is 1.45 bits per heavy atom. The number of amides is 1. The molecule has 2 heterocycles. The van der Waals surface area contributed by atoms with Gasteiger partial charge in [0.05, 0.1) is 12.1 Å². The molecule has 2 atom stereocenters. The van der Waals surface area contributed by atoms with Crippen LogP contribution in [0.1, 0.15) is 35.7 Å². The van der Waals surface area contributed by atoms with Crippen LogP contribution in [0.5, 0.6) is 5.88 Å². The van der Waals surface area contributed by atoms with Crippen molar-refractivity contribution < 1.29 is 28.9 Å². The summed E-state index contributed by atoms with van der Waals surface area (Å²) < 4.78 is 23.8. The summed E-state index contributed by atoms with van der Waals surface area (Å²) in [5.74, 6) is -0.721. The highest BCUT2D eigenvalue weighted by molar-refractivity contribution is 5.98. The molecule has 1 amide bonds. The third-order valence-corrected chi connectivity index (χ3v) is 5.20. The summed E-state index contributed by atoms with van der Waals surface area (Å²) >= 11 is 0. The Morgan fingerprint density at radius 3 is 3.10 bits per heavy atom. The van der Waals surface area contributed by atoms with Crippen LogP contribution in [0.4, 0.5) is 4.39 Å². The molecular weight excluding hydrogens is 385 g/mol. The highest BCUT2D eigenvalue weighted by atomic mass is 19.1. The highest BCUT2D eigenvalue weighted by Gasteiger charge is 2.31. The Hall–Kier alpha value is -3.05. The average molecular weight is 405 g/mol. The first-order chi connectivity index (χ1) is 14.1. The molecule has 0 radical (unpaired) electrons. The number of fused-ring (bicyclic) bond motifs is 1. The number of ether oxygens (including phenoxy) is 1. The molecule has 1 aliphatic heterocycles. The number of halogens is 1. The molecule has 154 valence electrons. The molecule has 3 N–H and O–H groups in total. The number of aliphatic hydroxyl groups is 1. The number of hydrogen-bond acceptors (Lipinski definition) is 8. The fraction of sp³-hybridized carbons (Fsp3) is 0.444. The average Bonchev–Trinajstić information content (AvgIpc) is 3.37. The molecule has 0 spiro atoms. The van der Waals surface area contributed by atoms with Gasteiger partial charge >= 0.3 is 0 Å². The normalized spacial score (nSPS) is 20.9. The van der Waals surface area contributed by atoms with E-state index in [-0.39, 0.29) is 47.8 Å². The molecule has 1 saturated heterocycles. The van der Waals surface area contributed by atoms with Crippen LogP contribution in [0.2, 0.25) is 0 Å². The third kappa shape index (κ3) is 3.78. The zero-order valence-electron chi connectivity index (χ0n) is 15.4. The van der Waals surface area contributed by atoms with Crippen molar-refractivity contribution in [2.24, 2.45) is 4.99 Å². The monoisotopic (exact) mass is 405 g/mol. The van der Waals surface area contributed by atoms with E-state index in [1.54, 1.807) is 11.0 Å². The summed E-state index contributed by atoms with van der Waals surface area (Å²) in [6.45, 7) is 0.130. The van der Waals surface area contributed by atoms with Gasteiger partial charge in [0.15, 0.2) is 5.84 Å². The fourth-order valence-electron chi connectivity index (χ4n) is 3.69. The van der Waals surface area contributed by atoms with E-state index in [0.29, 0.717) is 13.0 Å². The van der Waals surface area contributed by atoms with Crippen LogP contribution in [-0.2, 0) is 11.2 Å². The number of hydrogen-bond donors (Lipinski definition) is 3. The number of aliphatic imine (C=N–C) groups is 1. The van der Waals surface area contributed by atoms with Crippen molar-refractivity contribution >= 4 is 11.7 Å². The molecule has 0 bridgehead atoms. The van der Waals surface area contributed by atoms with E-state index in [1.807, 2.05) is 5.48 Å². The van der Waals surface area contributed by atoms with Crippen LogP contribution in [-0.4, -0.2) is 63.1 Å². The SMILES string of the molecule is O=C(CO)N1CCCC1COc1nonc1C(=NC1Cc2ccc(F)cc21)NO. The maximum absolute atomic E-state index is 13.5. The van der Waals surface area contributed by atoms with Crippen LogP contribution in [0.3, 0.4) is 0 Å². The summed E-state index contributed by atoms with van der Waals surface area (Å²) in [4.78, 5) is 17.7. The van der Waals surface area contributed by atoms with Crippen LogP contribution in [0.15, 0.2) is 27.8 Å². The molecule has 4 rings (SSSR count). The number of likely N-dealkylation sites (tertiary alicyclic amines) is 1. The lowest BCUT2D eigenvalue weighted by Crippen LogP contribution is -2.40. The van der Waals surface area contributed by atoms with Gasteiger partial charge in [-0.2, -0.15) is 0 Å². The Kier molecular flexibility index (Phi) is 5.41. The van der Waals surface area contributed by atoms with E-state index in [9.17, 15) is 14.4 Å². The molecular formula is C18H20FN5O5. The predicted octanol–water partition coefficient (Wildman–Crippen LogP) is 0.594. The Morgan fingerprint density at radius 2 is 2.31 bits per heavy atom. The highest BCUT2D eigenvalue weighted by Crippen LogP contribution is 2.37. The largest absolute Gasteiger partial charge is 0.472 e. The van der Waals surface area contributed by atoms with Crippen molar-refractivity contribution in [3.63, 3.8) is 0 Å². The van der Waals surface area contributed by atoms with E-state index < -0.39 is 6.61 Å². The quantitative estimate of drug-likeness (QED) is 0.361. The van der Waals surface area contributed by atoms with Gasteiger partial charge in [-0.1, -0.05) is 6.07 Å². The first kappa shape index (κ1) is 19.3. The molecule has 1 aromatic carbocycles. The van der Waals surface area contributed by atoms with E-state index in [4.69, 9.17) is 14.5 Å². The minimum absolute atomic E-state index is 0.00684. The lowest BCUT2D eigenvalue weighted by molar-refractivity contribution is -0.135. The summed E-state index contributed by atoms with van der Waals surface area (Å²) in [5.41, 5.74) is 3.76. The van der Waals surface area contributed by atoms with E-state index >= 15 is 0 Å². The summed E-state index contributed by atoms with van der Waals surface area (Å²) in [7, 11) is 0. The van der Waals surface area contributed by atoms with Crippen LogP contribution < -0.4 is 10.2 Å². The van der Waals surface area contributed by atoms with Gasteiger partial charge < -0.3 is 14.7 Å². The summed E-state index contributed by atoms with van der Waals surface area (Å²) in [6, 6.07) is 3.96. The number of nitrogens with one attached hydrogen (secondary N) is 1. The molecule has 2 unspecified atom stereocenters. The number of hydroxylamine groups is 1. The Labute approximate surface area is 164 Å². The lowest BCUT2D eigenvalue weighted by atomic mass is 9.83. The first-order valence-corrected chi connectivity index (χ1v) is 9.23. The number of nitrogens with zero attached hydrogens (tertiary/aromatic N) is 4. The smallest absolute Gasteiger partial charge is 0.287 e. The van der Waals surface area contributed by atoms with Gasteiger partial charge in [-0.25, -0.2) is 9.02 Å². The minimum Gasteiger partial charge on any atom is -0.472 e. The van der Waals surface area contributed by atoms with Gasteiger partial charge in [0.1, 0.15) is 19.0 Å². The zero-order valence-corrected chi connectivity index (χ0v) is 15.4. The fourth-order valence-corrected chi connectivity index (χ4v) is 3.69. The molecule has 1 aliphatic carbocycles. The van der Waals surface area contributed by atoms with E-state index in [2.05, 4.69) is 15.3 Å². The number of amidine groups is 1. The van der Waals surface area contributed by atoms with Crippen LogP contribution in [0, 0.1) is 5.82 Å². The number of aromatic nitrogens is 2. The van der Waals surface area contributed by atoms with Crippen molar-refractivity contribution in [2.75, 3.05) is 19.8 Å². The van der Waals surface area contributed by atoms with Gasteiger partial charge in [0.25, 0.3) is 5.88 Å². The second-order valence-electron chi connectivity index (χ2n) is 6.92. The molecule has 1 fully saturated rings. The molecule has 29 heavy (non-hydrogen) atoms. The number of benzene rings is 1. The van der Waals surface area contributed by atoms with Gasteiger partial charge in [-0.15, -0.1) is 0 Å². The van der Waals surface area contributed by atoms with Crippen LogP contribution in [0.25, 0.3) is 0 Å². The van der Waals surface area contributed by atoms with Crippen molar-refractivity contribution in [3.05, 3.63) is 40.8 Å². The van der Waals surface area contributed by atoms with Crippen molar-refractivity contribution in [2.45, 2.75) is 31.3 Å². The number of aliphatic hydroxyl groups excluding tert-OH is 1. The Bertz CT molecular complexity index is 933. The van der Waals surface area contributed by atoms with Crippen molar-refractivity contribution in [1.82, 2.24) is 20.7 Å². The maximum Gasteiger partial charge on any atom is 0.287 e. The lowest BCUT2D eigenvalue weighted by Gasteiger charge is -2.27. The number of carbonyl (C=O) groups is 1. The number of rotatable bonds is 6. The first-order valence-electron chi connectivity index (χ1n) is 9.23. The molecule has 11 heteroatoms. The van der Waals surface area contributed by atoms with Crippen LogP contribution >= 0.6 is 0 Å². The predicted molar refractivity (Wildman–Crippen MR) is 95.9 cm³/mol. The molecule has 10 nitrogen and oxygen atoms in total. The topological polar surface area (TPSA) is 133 Å². The van der Waals surface area contributed by atoms with Crippen molar-refractivity contribution in [3.8, 4) is 5.88 Å². The van der Waals surface area contributed by atoms with Gasteiger partial charge in [0.2, 0.25) is 11.6 Å². The van der Waals surface area contributed by atoms with E-state index in [1.165, 1.54) is 12.1 Å². The summed E-state index contributed by atoms with van der Waals surface area (Å²) in [6.07, 6.45) is 2.14. The maximum atomic E-state index is 13.5. The van der Waals surface area contributed by atoms with Gasteiger partial charge in [-0.3, -0.25) is 20.5 Å². The minimum atomic E-state index is -0.554. The van der Waals surface area contributed by atoms with Gasteiger partial charge in [-0.05, 0) is 52.8 Å². The third-order valence-electron chi connectivity index (χ3n) is 5.20. The second-order valence-corrected chi connectivity index (χ2v) is 6.92. The standard InChI is InChI=1S/C18H20FN5O5/c19-11-4-3-10-6-14(13(10)7-11)20-17(21-27)16-18(23-29-22-16)28-9-12-2-1-5-24(12)15(26)8-25/h3-4,7,12,14,25,27H,1-2,5-6,8-9H2,(H,20,21). The summed E-state index contributed by atoms with van der Waals surface area (Å²) in [5, 5.41) is 26.0. The van der Waals surface area contributed by atoms with Gasteiger partial charge in [0, 0.05) is 6.54 Å². The molecule has 1 aromatic heterocycles.